The van der Waals surface area contributed by atoms with Crippen molar-refractivity contribution in [1.29, 1.82) is 0 Å². The number of aliphatic hydroxyl groups excluding tert-OH is 1. The molecule has 2 heteroatoms. The second-order valence-corrected chi connectivity index (χ2v) is 11.6. The van der Waals surface area contributed by atoms with Crippen LogP contribution < -0.4 is 0 Å². The molecule has 0 aromatic heterocycles. The van der Waals surface area contributed by atoms with Gasteiger partial charge in [-0.3, -0.25) is 0 Å². The smallest absolute Gasteiger partial charge is 0.0599 e. The fourth-order valence-corrected chi connectivity index (χ4v) is 7.27. The molecule has 0 saturated heterocycles. The van der Waals surface area contributed by atoms with Crippen LogP contribution >= 0.6 is 11.6 Å². The molecule has 3 fully saturated rings. The minimum atomic E-state index is -0.0710. The van der Waals surface area contributed by atoms with Gasteiger partial charge in [0, 0.05) is 5.38 Å². The van der Waals surface area contributed by atoms with Gasteiger partial charge in [-0.2, -0.15) is 0 Å². The Hall–Kier alpha value is 0.250. The van der Waals surface area contributed by atoms with Gasteiger partial charge in [0.2, 0.25) is 0 Å². The first-order valence-corrected chi connectivity index (χ1v) is 13.2. The van der Waals surface area contributed by atoms with Crippen molar-refractivity contribution in [3.8, 4) is 0 Å². The molecule has 28 heavy (non-hydrogen) atoms. The predicted molar refractivity (Wildman–Crippen MR) is 122 cm³/mol. The van der Waals surface area contributed by atoms with Crippen molar-refractivity contribution in [2.45, 2.75) is 122 Å². The van der Waals surface area contributed by atoms with Gasteiger partial charge in [0.1, 0.15) is 0 Å². The third-order valence-corrected chi connectivity index (χ3v) is 9.77. The van der Waals surface area contributed by atoms with E-state index >= 15 is 0 Å². The summed E-state index contributed by atoms with van der Waals surface area (Å²) in [5.41, 5.74) is 0. The van der Waals surface area contributed by atoms with Crippen LogP contribution in [0.2, 0.25) is 0 Å². The number of halogens is 1. The molecule has 0 radical (unpaired) electrons. The molecule has 4 atom stereocenters. The lowest BCUT2D eigenvalue weighted by Gasteiger charge is -2.41. The first-order valence-electron chi connectivity index (χ1n) is 12.8. The Morgan fingerprint density at radius 3 is 1.86 bits per heavy atom. The molecule has 0 aliphatic heterocycles. The summed E-state index contributed by atoms with van der Waals surface area (Å²) in [6.07, 6.45) is 18.5. The largest absolute Gasteiger partial charge is 0.393 e. The molecule has 2 unspecified atom stereocenters. The molecule has 0 aromatic rings. The molecule has 0 spiro atoms. The summed E-state index contributed by atoms with van der Waals surface area (Å²) < 4.78 is 0. The molecular formula is C26H47ClO. The summed E-state index contributed by atoms with van der Waals surface area (Å²) >= 11 is 6.32. The summed E-state index contributed by atoms with van der Waals surface area (Å²) in [5, 5.41) is 11.9. The lowest BCUT2D eigenvalue weighted by molar-refractivity contribution is -0.0120. The van der Waals surface area contributed by atoms with Gasteiger partial charge in [0.05, 0.1) is 6.10 Å². The van der Waals surface area contributed by atoms with E-state index in [1.165, 1.54) is 89.9 Å². The maximum atomic E-state index is 11.4. The molecule has 1 nitrogen and oxygen atoms in total. The molecule has 164 valence electrons. The van der Waals surface area contributed by atoms with Crippen molar-refractivity contribution in [2.24, 2.45) is 41.4 Å². The lowest BCUT2D eigenvalue weighted by Crippen LogP contribution is -2.38. The highest BCUT2D eigenvalue weighted by Gasteiger charge is 2.37. The number of hydrogen-bond donors (Lipinski definition) is 1. The van der Waals surface area contributed by atoms with E-state index in [0.717, 1.165) is 23.7 Å². The van der Waals surface area contributed by atoms with E-state index < -0.39 is 0 Å². The normalized spacial score (nSPS) is 36.8. The second-order valence-electron chi connectivity index (χ2n) is 11.0. The molecule has 3 saturated carbocycles. The Kier molecular flexibility index (Phi) is 9.03. The van der Waals surface area contributed by atoms with E-state index in [0.29, 0.717) is 23.1 Å². The van der Waals surface area contributed by atoms with E-state index in [9.17, 15) is 5.11 Å². The Morgan fingerprint density at radius 1 is 0.786 bits per heavy atom. The summed E-state index contributed by atoms with van der Waals surface area (Å²) in [6.45, 7) is 7.18. The summed E-state index contributed by atoms with van der Waals surface area (Å²) in [7, 11) is 0. The lowest BCUT2D eigenvalue weighted by atomic mass is 9.66. The van der Waals surface area contributed by atoms with Gasteiger partial charge in [-0.05, 0) is 99.2 Å². The first-order chi connectivity index (χ1) is 13.5. The monoisotopic (exact) mass is 410 g/mol. The summed E-state index contributed by atoms with van der Waals surface area (Å²) in [4.78, 5) is 0. The molecule has 1 N–H and O–H groups in total. The Balaban J connectivity index is 1.52. The maximum Gasteiger partial charge on any atom is 0.0599 e. The molecule has 3 aliphatic carbocycles. The number of rotatable bonds is 8. The van der Waals surface area contributed by atoms with Crippen molar-refractivity contribution in [3.63, 3.8) is 0 Å². The van der Waals surface area contributed by atoms with Gasteiger partial charge in [0.15, 0.2) is 0 Å². The topological polar surface area (TPSA) is 20.2 Å². The van der Waals surface area contributed by atoms with Crippen LogP contribution in [0.1, 0.15) is 111 Å². The minimum Gasteiger partial charge on any atom is -0.393 e. The highest BCUT2D eigenvalue weighted by Crippen LogP contribution is 2.44. The van der Waals surface area contributed by atoms with Crippen LogP contribution in [0.15, 0.2) is 0 Å². The van der Waals surface area contributed by atoms with E-state index in [4.69, 9.17) is 11.6 Å². The van der Waals surface area contributed by atoms with E-state index in [1.807, 2.05) is 0 Å². The van der Waals surface area contributed by atoms with Gasteiger partial charge in [0.25, 0.3) is 0 Å². The Morgan fingerprint density at radius 2 is 1.32 bits per heavy atom. The fraction of sp³-hybridized carbons (Fsp3) is 1.00. The van der Waals surface area contributed by atoms with Crippen LogP contribution in [-0.2, 0) is 0 Å². The molecule has 3 aliphatic rings. The average molecular weight is 411 g/mol. The van der Waals surface area contributed by atoms with Crippen molar-refractivity contribution in [2.75, 3.05) is 0 Å². The second kappa shape index (κ2) is 11.0. The Bertz CT molecular complexity index is 430. The standard InChI is InChI=1S/C26H47ClO/c1-4-18(2)25(17-19(3)20-7-5-6-8-20)26(28)23-11-9-21(10-12-23)22-13-15-24(27)16-14-22/h18-26,28H,4-17H2,1-3H3/t18-,19?,21?,22?,23?,24?,25-,26?/m1/s1. The van der Waals surface area contributed by atoms with Crippen LogP contribution in [0.3, 0.4) is 0 Å². The quantitative estimate of drug-likeness (QED) is 0.404. The summed E-state index contributed by atoms with van der Waals surface area (Å²) in [6, 6.07) is 0. The molecule has 0 aromatic carbocycles. The van der Waals surface area contributed by atoms with Crippen LogP contribution in [0, 0.1) is 41.4 Å². The van der Waals surface area contributed by atoms with Gasteiger partial charge in [-0.1, -0.05) is 52.9 Å². The zero-order valence-corrected chi connectivity index (χ0v) is 19.7. The van der Waals surface area contributed by atoms with Crippen molar-refractivity contribution < 1.29 is 5.11 Å². The highest BCUT2D eigenvalue weighted by molar-refractivity contribution is 6.20. The number of alkyl halides is 1. The van der Waals surface area contributed by atoms with Gasteiger partial charge in [-0.15, -0.1) is 11.6 Å². The van der Waals surface area contributed by atoms with Crippen molar-refractivity contribution in [1.82, 2.24) is 0 Å². The predicted octanol–water partition coefficient (Wildman–Crippen LogP) is 7.83. The fourth-order valence-electron chi connectivity index (χ4n) is 7.02. The molecule has 0 amide bonds. The van der Waals surface area contributed by atoms with Crippen molar-refractivity contribution >= 4 is 11.6 Å². The van der Waals surface area contributed by atoms with Crippen LogP contribution in [0.25, 0.3) is 0 Å². The highest BCUT2D eigenvalue weighted by atomic mass is 35.5. The molecule has 0 heterocycles. The van der Waals surface area contributed by atoms with Crippen LogP contribution in [-0.4, -0.2) is 16.6 Å². The maximum absolute atomic E-state index is 11.4. The summed E-state index contributed by atoms with van der Waals surface area (Å²) in [5.74, 6) is 5.25. The zero-order valence-electron chi connectivity index (χ0n) is 18.9. The molecule has 0 bridgehead atoms. The molecule has 3 rings (SSSR count). The van der Waals surface area contributed by atoms with E-state index in [-0.39, 0.29) is 6.10 Å². The SMILES string of the molecule is CC[C@@H](C)[C@@H](CC(C)C1CCCC1)C(O)C1CCC(C2CCC(Cl)CC2)CC1. The van der Waals surface area contributed by atoms with Crippen LogP contribution in [0.5, 0.6) is 0 Å². The Labute approximate surface area is 180 Å². The third kappa shape index (κ3) is 5.90. The zero-order chi connectivity index (χ0) is 20.1. The number of aliphatic hydroxyl groups is 1. The van der Waals surface area contributed by atoms with Gasteiger partial charge >= 0.3 is 0 Å². The van der Waals surface area contributed by atoms with Crippen molar-refractivity contribution in [3.05, 3.63) is 0 Å². The van der Waals surface area contributed by atoms with E-state index in [2.05, 4.69) is 20.8 Å². The number of hydrogen-bond acceptors (Lipinski definition) is 1. The van der Waals surface area contributed by atoms with Gasteiger partial charge in [-0.25, -0.2) is 0 Å². The van der Waals surface area contributed by atoms with E-state index in [1.54, 1.807) is 0 Å². The third-order valence-electron chi connectivity index (χ3n) is 9.33. The van der Waals surface area contributed by atoms with Gasteiger partial charge < -0.3 is 5.11 Å². The average Bonchev–Trinajstić information content (AvgIpc) is 3.26. The minimum absolute atomic E-state index is 0.0710. The van der Waals surface area contributed by atoms with Crippen LogP contribution in [0.4, 0.5) is 0 Å². The first kappa shape index (κ1) is 22.9. The molecular weight excluding hydrogens is 364 g/mol.